The molecule has 1 heterocycles. The number of imide groups is 2. The Morgan fingerprint density at radius 1 is 1.21 bits per heavy atom. The number of nitrogens with zero attached hydrogens (tertiary/aromatic N) is 1. The van der Waals surface area contributed by atoms with E-state index in [1.165, 1.54) is 0 Å². The Kier molecular flexibility index (Phi) is 3.53. The van der Waals surface area contributed by atoms with Crippen LogP contribution in [0.1, 0.15) is 27.7 Å². The molecule has 0 bridgehead atoms. The molecule has 1 fully saturated rings. The normalized spacial score (nSPS) is 18.5. The molecule has 5 amide bonds. The number of carbonyl (C=O) groups excluding carboxylic acids is 4. The molecule has 1 saturated heterocycles. The lowest BCUT2D eigenvalue weighted by Gasteiger charge is -2.36. The molecule has 0 atom stereocenters. The lowest BCUT2D eigenvalue weighted by molar-refractivity contribution is -0.179. The highest BCUT2D eigenvalue weighted by Gasteiger charge is 2.54. The van der Waals surface area contributed by atoms with Crippen LogP contribution in [0.4, 0.5) is 9.59 Å². The van der Waals surface area contributed by atoms with E-state index < -0.39 is 35.1 Å². The van der Waals surface area contributed by atoms with E-state index in [9.17, 15) is 24.4 Å². The molecule has 9 nitrogen and oxygen atoms in total. The number of nitrogens with one attached hydrogen (secondary N) is 2. The minimum absolute atomic E-state index is 0.143. The van der Waals surface area contributed by atoms with Gasteiger partial charge < -0.3 is 4.74 Å². The van der Waals surface area contributed by atoms with Gasteiger partial charge in [0.25, 0.3) is 11.8 Å². The fourth-order valence-corrected chi connectivity index (χ4v) is 1.26. The lowest BCUT2D eigenvalue weighted by atomic mass is 9.98. The molecule has 0 saturated carbocycles. The van der Waals surface area contributed by atoms with Crippen LogP contribution in [-0.4, -0.2) is 45.3 Å². The van der Waals surface area contributed by atoms with Crippen LogP contribution in [0.3, 0.4) is 0 Å². The quantitative estimate of drug-likeness (QED) is 0.343. The summed E-state index contributed by atoms with van der Waals surface area (Å²) in [5.41, 5.74) is -3.21. The van der Waals surface area contributed by atoms with Crippen LogP contribution in [0.15, 0.2) is 0 Å². The summed E-state index contributed by atoms with van der Waals surface area (Å²) in [5, 5.41) is 13.1. The summed E-state index contributed by atoms with van der Waals surface area (Å²) in [6.45, 7) is 5.62. The van der Waals surface area contributed by atoms with Gasteiger partial charge >= 0.3 is 12.1 Å². The summed E-state index contributed by atoms with van der Waals surface area (Å²) in [4.78, 5) is 45.8. The molecule has 0 unspecified atom stereocenters. The smallest absolute Gasteiger partial charge is 0.435 e. The van der Waals surface area contributed by atoms with Crippen molar-refractivity contribution in [1.82, 2.24) is 15.7 Å². The molecule has 0 aromatic rings. The first-order valence-electron chi connectivity index (χ1n) is 5.37. The second kappa shape index (κ2) is 4.50. The lowest BCUT2D eigenvalue weighted by Crippen LogP contribution is -2.72. The van der Waals surface area contributed by atoms with Crippen LogP contribution in [-0.2, 0) is 14.3 Å². The van der Waals surface area contributed by atoms with E-state index >= 15 is 0 Å². The molecule has 0 radical (unpaired) electrons. The van der Waals surface area contributed by atoms with Crippen molar-refractivity contribution < 1.29 is 29.1 Å². The predicted octanol–water partition coefficient (Wildman–Crippen LogP) is -0.263. The van der Waals surface area contributed by atoms with Crippen LogP contribution in [0, 0.1) is 0 Å². The number of hydrogen-bond acceptors (Lipinski definition) is 6. The van der Waals surface area contributed by atoms with E-state index in [2.05, 4.69) is 0 Å². The number of carbonyl (C=O) groups is 4. The van der Waals surface area contributed by atoms with Crippen LogP contribution >= 0.6 is 0 Å². The van der Waals surface area contributed by atoms with Crippen molar-refractivity contribution >= 4 is 23.9 Å². The second-order valence-corrected chi connectivity index (χ2v) is 5.10. The van der Waals surface area contributed by atoms with Gasteiger partial charge in [-0.05, 0) is 27.7 Å². The maximum atomic E-state index is 11.6. The van der Waals surface area contributed by atoms with Crippen molar-refractivity contribution in [2.24, 2.45) is 0 Å². The average molecular weight is 273 g/mol. The number of barbiturate groups is 1. The molecule has 0 spiro atoms. The minimum atomic E-state index is -2.28. The maximum Gasteiger partial charge on any atom is 0.435 e. The van der Waals surface area contributed by atoms with Gasteiger partial charge in [0, 0.05) is 0 Å². The topological polar surface area (TPSA) is 125 Å². The van der Waals surface area contributed by atoms with E-state index in [1.54, 1.807) is 31.4 Å². The fourth-order valence-electron chi connectivity index (χ4n) is 1.26. The van der Waals surface area contributed by atoms with Gasteiger partial charge in [-0.2, -0.15) is 5.06 Å². The molecule has 0 aromatic carbocycles. The van der Waals surface area contributed by atoms with Crippen molar-refractivity contribution in [3.8, 4) is 0 Å². The highest BCUT2D eigenvalue weighted by molar-refractivity contribution is 6.22. The maximum absolute atomic E-state index is 11.6. The summed E-state index contributed by atoms with van der Waals surface area (Å²) < 4.78 is 4.83. The van der Waals surface area contributed by atoms with Crippen molar-refractivity contribution in [2.45, 2.75) is 38.8 Å². The van der Waals surface area contributed by atoms with E-state index in [1.807, 2.05) is 0 Å². The van der Waals surface area contributed by atoms with Gasteiger partial charge in [0.05, 0.1) is 0 Å². The van der Waals surface area contributed by atoms with Crippen molar-refractivity contribution in [3.63, 3.8) is 0 Å². The van der Waals surface area contributed by atoms with Crippen molar-refractivity contribution in [1.29, 1.82) is 0 Å². The molecule has 0 aromatic heterocycles. The average Bonchev–Trinajstić information content (AvgIpc) is 2.22. The summed E-state index contributed by atoms with van der Waals surface area (Å²) in [7, 11) is 0. The van der Waals surface area contributed by atoms with Crippen molar-refractivity contribution in [3.05, 3.63) is 0 Å². The Morgan fingerprint density at radius 3 is 2.00 bits per heavy atom. The Bertz CT molecular complexity index is 433. The van der Waals surface area contributed by atoms with Gasteiger partial charge in [0.1, 0.15) is 5.60 Å². The van der Waals surface area contributed by atoms with Crippen LogP contribution in [0.25, 0.3) is 0 Å². The predicted molar refractivity (Wildman–Crippen MR) is 59.9 cm³/mol. The Balaban J connectivity index is 2.99. The second-order valence-electron chi connectivity index (χ2n) is 5.10. The number of urea groups is 1. The molecule has 1 aliphatic heterocycles. The molecule has 1 aliphatic rings. The van der Waals surface area contributed by atoms with Gasteiger partial charge in [-0.15, -0.1) is 0 Å². The number of rotatable bonds is 1. The van der Waals surface area contributed by atoms with Crippen LogP contribution < -0.4 is 10.6 Å². The zero-order chi connectivity index (χ0) is 15.0. The first-order chi connectivity index (χ1) is 8.48. The van der Waals surface area contributed by atoms with E-state index in [-0.39, 0.29) is 5.06 Å². The van der Waals surface area contributed by atoms with E-state index in [0.29, 0.717) is 0 Å². The highest BCUT2D eigenvalue weighted by Crippen LogP contribution is 2.20. The number of amides is 5. The first-order valence-corrected chi connectivity index (χ1v) is 5.37. The Labute approximate surface area is 108 Å². The van der Waals surface area contributed by atoms with Crippen molar-refractivity contribution in [2.75, 3.05) is 0 Å². The third kappa shape index (κ3) is 2.81. The minimum Gasteiger partial charge on any atom is -0.442 e. The largest absolute Gasteiger partial charge is 0.442 e. The van der Waals surface area contributed by atoms with E-state index in [0.717, 1.165) is 6.92 Å². The summed E-state index contributed by atoms with van der Waals surface area (Å²) in [6.07, 6.45) is -1.28. The highest BCUT2D eigenvalue weighted by atomic mass is 16.6. The molecule has 3 N–H and O–H groups in total. The Hall–Kier alpha value is -2.16. The zero-order valence-electron chi connectivity index (χ0n) is 10.9. The molecular formula is C10H15N3O6. The molecule has 0 aliphatic carbocycles. The van der Waals surface area contributed by atoms with Crippen LogP contribution in [0.2, 0.25) is 0 Å². The first kappa shape index (κ1) is 14.9. The third-order valence-corrected chi connectivity index (χ3v) is 2.33. The van der Waals surface area contributed by atoms with Gasteiger partial charge in [-0.1, -0.05) is 0 Å². The SMILES string of the molecule is CC(C)(C)OC(=O)N(O)C1(C)C(=O)NC(=O)NC1=O. The van der Waals surface area contributed by atoms with Crippen LogP contribution in [0.5, 0.6) is 0 Å². The summed E-state index contributed by atoms with van der Waals surface area (Å²) in [6, 6.07) is -1.02. The van der Waals surface area contributed by atoms with Gasteiger partial charge in [0.2, 0.25) is 5.54 Å². The summed E-state index contributed by atoms with van der Waals surface area (Å²) in [5.74, 6) is -2.26. The summed E-state index contributed by atoms with van der Waals surface area (Å²) >= 11 is 0. The number of hydroxylamine groups is 2. The molecule has 9 heteroatoms. The fraction of sp³-hybridized carbons (Fsp3) is 0.600. The Morgan fingerprint density at radius 2 is 1.63 bits per heavy atom. The molecule has 106 valence electrons. The van der Waals surface area contributed by atoms with Gasteiger partial charge in [-0.3, -0.25) is 25.4 Å². The standard InChI is InChI=1S/C10H15N3O6/c1-9(2,3)19-8(17)13(18)10(4)5(14)11-7(16)12-6(10)15/h18H,1-4H3,(H2,11,12,14,15,16). The third-order valence-electron chi connectivity index (χ3n) is 2.33. The molecule has 1 rings (SSSR count). The van der Waals surface area contributed by atoms with Gasteiger partial charge in [-0.25, -0.2) is 9.59 Å². The number of ether oxygens (including phenoxy) is 1. The molecule has 19 heavy (non-hydrogen) atoms. The van der Waals surface area contributed by atoms with E-state index in [4.69, 9.17) is 4.74 Å². The molecular weight excluding hydrogens is 258 g/mol. The monoisotopic (exact) mass is 273 g/mol. The van der Waals surface area contributed by atoms with Gasteiger partial charge in [0.15, 0.2) is 0 Å². The zero-order valence-corrected chi connectivity index (χ0v) is 10.9. The number of hydrogen-bond donors (Lipinski definition) is 3.